The molecular weight excluding hydrogens is 691 g/mol. The average molecular weight is 753 g/mol. The number of halogens is 1. The number of fused-ring (bicyclic) bond motifs is 1. The van der Waals surface area contributed by atoms with Gasteiger partial charge >= 0.3 is 12.1 Å². The van der Waals surface area contributed by atoms with Crippen LogP contribution in [-0.4, -0.2) is 123 Å². The van der Waals surface area contributed by atoms with Gasteiger partial charge in [-0.2, -0.15) is 0 Å². The second-order valence-electron chi connectivity index (χ2n) is 15.8. The number of esters is 1. The third-order valence-corrected chi connectivity index (χ3v) is 11.6. The lowest BCUT2D eigenvalue weighted by molar-refractivity contribution is -0.290. The number of hydrogen-bond donors (Lipinski definition) is 2. The number of rotatable bonds is 11. The van der Waals surface area contributed by atoms with Crippen LogP contribution in [0.4, 0.5) is 9.18 Å². The Kier molecular flexibility index (Phi) is 13.9. The number of cyclic esters (lactones) is 1. The largest absolute Gasteiger partial charge is 0.455 e. The first kappa shape index (κ1) is 42.8. The fourth-order valence-electron chi connectivity index (χ4n) is 8.60. The highest BCUT2D eigenvalue weighted by Crippen LogP contribution is 2.43. The molecule has 3 aliphatic heterocycles. The number of aromatic nitrogens is 2. The van der Waals surface area contributed by atoms with E-state index in [1.807, 2.05) is 18.4 Å². The van der Waals surface area contributed by atoms with Crippen molar-refractivity contribution in [3.63, 3.8) is 0 Å². The van der Waals surface area contributed by atoms with E-state index in [0.29, 0.717) is 25.9 Å². The van der Waals surface area contributed by atoms with Gasteiger partial charge < -0.3 is 43.6 Å². The molecule has 4 rings (SSSR count). The molecule has 1 amide bonds. The molecular formula is C38H61FN4O10. The van der Waals surface area contributed by atoms with Crippen LogP contribution in [0.25, 0.3) is 0 Å². The number of nitrogens with zero attached hydrogens (tertiary/aromatic N) is 3. The molecule has 15 heteroatoms. The molecule has 1 unspecified atom stereocenters. The van der Waals surface area contributed by atoms with Gasteiger partial charge in [0.2, 0.25) is 0 Å². The van der Waals surface area contributed by atoms with Crippen molar-refractivity contribution in [1.82, 2.24) is 19.8 Å². The van der Waals surface area contributed by atoms with E-state index in [0.717, 1.165) is 13.3 Å². The number of alkyl halides is 1. The minimum absolute atomic E-state index is 0.00830. The number of Topliss-reactive ketones (excluding diaryl/α,β-unsaturated/α-hetero) is 2. The smallest absolute Gasteiger partial charge is 0.410 e. The highest BCUT2D eigenvalue weighted by Gasteiger charge is 2.61. The Hall–Kier alpha value is -2.98. The summed E-state index contributed by atoms with van der Waals surface area (Å²) in [6.45, 7) is 15.9. The lowest BCUT2D eigenvalue weighted by atomic mass is 9.73. The van der Waals surface area contributed by atoms with Crippen molar-refractivity contribution in [1.29, 1.82) is 0 Å². The Morgan fingerprint density at radius 1 is 1.08 bits per heavy atom. The molecule has 3 fully saturated rings. The zero-order valence-electron chi connectivity index (χ0n) is 33.0. The maximum absolute atomic E-state index is 16.8. The first-order chi connectivity index (χ1) is 24.9. The molecule has 0 bridgehead atoms. The number of carbonyl (C=O) groups excluding carboxylic acids is 4. The van der Waals surface area contributed by atoms with E-state index >= 15 is 4.39 Å². The van der Waals surface area contributed by atoms with Crippen LogP contribution >= 0.6 is 0 Å². The van der Waals surface area contributed by atoms with Crippen molar-refractivity contribution in [3.8, 4) is 0 Å². The zero-order chi connectivity index (χ0) is 39.5. The van der Waals surface area contributed by atoms with Crippen LogP contribution in [0.1, 0.15) is 94.4 Å². The Morgan fingerprint density at radius 2 is 1.77 bits per heavy atom. The quantitative estimate of drug-likeness (QED) is 0.247. The second kappa shape index (κ2) is 17.2. The topological polar surface area (TPSA) is 168 Å². The molecule has 3 aliphatic rings. The predicted molar refractivity (Wildman–Crippen MR) is 191 cm³/mol. The molecule has 3 saturated heterocycles. The van der Waals surface area contributed by atoms with E-state index < -0.39 is 83.1 Å². The van der Waals surface area contributed by atoms with Crippen LogP contribution in [-0.2, 0) is 44.6 Å². The number of methoxy groups -OCH3 is 1. The van der Waals surface area contributed by atoms with Crippen LogP contribution < -0.4 is 5.32 Å². The number of imidazole rings is 1. The summed E-state index contributed by atoms with van der Waals surface area (Å²) in [7, 11) is 1.40. The second-order valence-corrected chi connectivity index (χ2v) is 15.8. The molecule has 53 heavy (non-hydrogen) atoms. The number of ether oxygens (including phenoxy) is 5. The van der Waals surface area contributed by atoms with Crippen molar-refractivity contribution >= 4 is 23.6 Å². The van der Waals surface area contributed by atoms with Crippen LogP contribution in [0.15, 0.2) is 18.7 Å². The Labute approximate surface area is 312 Å². The van der Waals surface area contributed by atoms with E-state index in [-0.39, 0.29) is 37.3 Å². The van der Waals surface area contributed by atoms with Crippen molar-refractivity contribution in [2.45, 2.75) is 161 Å². The van der Waals surface area contributed by atoms with E-state index in [4.69, 9.17) is 23.7 Å². The Morgan fingerprint density at radius 3 is 2.38 bits per heavy atom. The van der Waals surface area contributed by atoms with E-state index in [1.165, 1.54) is 18.9 Å². The molecule has 0 aliphatic carbocycles. The van der Waals surface area contributed by atoms with Gasteiger partial charge in [0.1, 0.15) is 18.0 Å². The van der Waals surface area contributed by atoms with Crippen molar-refractivity contribution in [3.05, 3.63) is 18.7 Å². The minimum atomic E-state index is -3.16. The van der Waals surface area contributed by atoms with Gasteiger partial charge in [-0.1, -0.05) is 34.6 Å². The van der Waals surface area contributed by atoms with Gasteiger partial charge in [0.25, 0.3) is 5.67 Å². The number of aliphatic hydroxyl groups excluding tert-OH is 1. The summed E-state index contributed by atoms with van der Waals surface area (Å²) in [4.78, 5) is 61.7. The molecule has 0 aromatic carbocycles. The molecule has 1 aromatic rings. The molecule has 4 heterocycles. The van der Waals surface area contributed by atoms with Gasteiger partial charge in [-0.25, -0.2) is 19.0 Å². The summed E-state index contributed by atoms with van der Waals surface area (Å²) in [5.41, 5.74) is -6.17. The van der Waals surface area contributed by atoms with E-state index in [1.54, 1.807) is 53.3 Å². The number of nitrogens with one attached hydrogen (secondary N) is 1. The molecule has 300 valence electrons. The van der Waals surface area contributed by atoms with Crippen LogP contribution in [0, 0.1) is 17.8 Å². The summed E-state index contributed by atoms with van der Waals surface area (Å²) in [5.74, 6) is -5.73. The van der Waals surface area contributed by atoms with Crippen LogP contribution in [0.2, 0.25) is 0 Å². The third kappa shape index (κ3) is 8.79. The summed E-state index contributed by atoms with van der Waals surface area (Å²) in [5, 5.41) is 14.7. The number of carbonyl (C=O) groups is 4. The van der Waals surface area contributed by atoms with Gasteiger partial charge in [-0.3, -0.25) is 9.59 Å². The van der Waals surface area contributed by atoms with Crippen molar-refractivity contribution in [2.75, 3.05) is 20.2 Å². The SMILES string of the molecule is CCCN[C@H]1C[C@@H](C)O[C@@H](O[C@@H]2[C@H](C)C(=O)[C@](C)(F)C(=O)O[C@H](CC)[C@@]3(C)OC(=O)N(CCCn4ccnc4)C3[C@@H](C)C(=O)[C@H](C)C[C@@]2(C)OC)[C@H]1O. The third-order valence-electron chi connectivity index (χ3n) is 11.6. The molecule has 1 aromatic heterocycles. The number of amides is 1. The highest BCUT2D eigenvalue weighted by molar-refractivity contribution is 6.08. The fraction of sp³-hybridized carbons (Fsp3) is 0.816. The molecule has 0 spiro atoms. The van der Waals surface area contributed by atoms with Gasteiger partial charge in [0, 0.05) is 56.4 Å². The average Bonchev–Trinajstić information content (AvgIpc) is 3.73. The first-order valence-corrected chi connectivity index (χ1v) is 19.1. The number of aryl methyl sites for hydroxylation is 1. The van der Waals surface area contributed by atoms with Crippen molar-refractivity contribution in [2.24, 2.45) is 17.8 Å². The molecule has 2 N–H and O–H groups in total. The van der Waals surface area contributed by atoms with E-state index in [2.05, 4.69) is 10.3 Å². The van der Waals surface area contributed by atoms with Gasteiger partial charge in [-0.15, -0.1) is 0 Å². The lowest BCUT2D eigenvalue weighted by Crippen LogP contribution is -2.62. The van der Waals surface area contributed by atoms with Crippen LogP contribution in [0.3, 0.4) is 0 Å². The van der Waals surface area contributed by atoms with E-state index in [9.17, 15) is 24.3 Å². The minimum Gasteiger partial charge on any atom is -0.455 e. The number of aliphatic hydroxyl groups is 1. The monoisotopic (exact) mass is 752 g/mol. The highest BCUT2D eigenvalue weighted by atomic mass is 19.1. The number of hydrogen-bond acceptors (Lipinski definition) is 12. The maximum Gasteiger partial charge on any atom is 0.410 e. The lowest BCUT2D eigenvalue weighted by Gasteiger charge is -2.46. The van der Waals surface area contributed by atoms with Gasteiger partial charge in [-0.05, 0) is 66.3 Å². The summed E-state index contributed by atoms with van der Waals surface area (Å²) < 4.78 is 49.1. The molecule has 0 saturated carbocycles. The molecule has 0 radical (unpaired) electrons. The fourth-order valence-corrected chi connectivity index (χ4v) is 8.60. The standard InChI is InChI=1S/C38H61FN4O10/c1-11-14-41-26-19-23(4)50-33(29(26)45)52-32-25(6)31(46)37(8,39)34(47)51-27(12-2)38(9)30(24(5)28(44)22(3)20-36(32,7)49-10)43(35(48)53-38)17-13-16-42-18-15-40-21-42/h15,18,21-27,29-30,32-33,41,45H,11-14,16-17,19-20H2,1-10H3/t22-,23-,24+,25-,26+,27-,29+,30?,32-,33+,36-,37+,38-/m1/s1. The summed E-state index contributed by atoms with van der Waals surface area (Å²) in [6, 6.07) is -1.29. The number of ketones is 2. The summed E-state index contributed by atoms with van der Waals surface area (Å²) in [6.07, 6.45) is 1.15. The Balaban J connectivity index is 1.77. The molecule has 13 atom stereocenters. The van der Waals surface area contributed by atoms with Gasteiger partial charge in [0.15, 0.2) is 17.7 Å². The normalized spacial score (nSPS) is 40.4. The predicted octanol–water partition coefficient (Wildman–Crippen LogP) is 4.01. The zero-order valence-corrected chi connectivity index (χ0v) is 33.0. The van der Waals surface area contributed by atoms with Gasteiger partial charge in [0.05, 0.1) is 30.2 Å². The maximum atomic E-state index is 16.8. The first-order valence-electron chi connectivity index (χ1n) is 19.1. The molecule has 14 nitrogen and oxygen atoms in total. The van der Waals surface area contributed by atoms with Crippen molar-refractivity contribution < 1.29 is 52.4 Å². The summed E-state index contributed by atoms with van der Waals surface area (Å²) >= 11 is 0. The van der Waals surface area contributed by atoms with Crippen LogP contribution in [0.5, 0.6) is 0 Å². The Bertz CT molecular complexity index is 1430.